The van der Waals surface area contributed by atoms with Gasteiger partial charge < -0.3 is 29.7 Å². The van der Waals surface area contributed by atoms with Crippen LogP contribution in [0.3, 0.4) is 0 Å². The van der Waals surface area contributed by atoms with Crippen molar-refractivity contribution in [3.8, 4) is 16.9 Å². The standard InChI is InChI=1S/C49H52F3N9O6S/c1-29-3-10-41(48(63)55-29)61-27-33-21-36(23-42(67-2)43(33)49(61)64)58-14-11-30(12-15-58)26-57-17-19-59(20-18-57)35-6-4-31(5-7-35)32-22-37-38(25-54-47(37)53-24-32)46(62)44-39(51)8-9-40(45(44)52)56-68(65,66)60-16-13-34(50)28-60/h4-9,21-25,30,34,41,56H,1,3,10-20,26-28H2,2H3,(H,53,54)(H,55,63)/t34-,41?/m1/s1. The van der Waals surface area contributed by atoms with E-state index in [2.05, 4.69) is 42.6 Å². The minimum atomic E-state index is -4.36. The third-order valence-corrected chi connectivity index (χ3v) is 15.6. The molecule has 1 unspecified atom stereocenters. The van der Waals surface area contributed by atoms with Crippen molar-refractivity contribution in [2.75, 3.05) is 80.5 Å². The first-order chi connectivity index (χ1) is 32.7. The first-order valence-corrected chi connectivity index (χ1v) is 24.4. The molecule has 5 aliphatic rings. The van der Waals surface area contributed by atoms with E-state index in [0.717, 1.165) is 97.6 Å². The Bertz CT molecular complexity index is 2930. The molecular formula is C49H52F3N9O6S. The zero-order valence-electron chi connectivity index (χ0n) is 37.6. The van der Waals surface area contributed by atoms with Gasteiger partial charge in [-0.25, -0.2) is 18.2 Å². The lowest BCUT2D eigenvalue weighted by Gasteiger charge is -2.40. The van der Waals surface area contributed by atoms with Gasteiger partial charge in [0.1, 0.15) is 29.4 Å². The number of carbonyl (C=O) groups excluding carboxylic acids is 3. The molecule has 0 radical (unpaired) electrons. The molecule has 0 aliphatic carbocycles. The number of piperidine rings is 2. The van der Waals surface area contributed by atoms with E-state index in [-0.39, 0.29) is 36.9 Å². The van der Waals surface area contributed by atoms with Crippen LogP contribution in [0.4, 0.5) is 30.2 Å². The van der Waals surface area contributed by atoms with Gasteiger partial charge in [-0.2, -0.15) is 12.7 Å². The number of pyridine rings is 1. The number of aromatic amines is 1. The SMILES string of the molecule is C=C1CCC(N2Cc3cc(N4CCC(CN5CCN(c6ccc(-c7cnc8[nH]cc(C(=O)c9c(F)ccc(NS(=O)(=O)N%10CC[C@@H](F)C%10)c9F)c8c7)cc6)CC5)CC4)cc(OC)c3C2=O)C(=O)N1. The van der Waals surface area contributed by atoms with Gasteiger partial charge in [-0.05, 0) is 85.5 Å². The number of aromatic nitrogens is 2. The minimum Gasteiger partial charge on any atom is -0.496 e. The highest BCUT2D eigenvalue weighted by molar-refractivity contribution is 7.90. The summed E-state index contributed by atoms with van der Waals surface area (Å²) in [5.74, 6) is -2.81. The van der Waals surface area contributed by atoms with Crippen molar-refractivity contribution >= 4 is 55.9 Å². The van der Waals surface area contributed by atoms with E-state index < -0.39 is 51.1 Å². The summed E-state index contributed by atoms with van der Waals surface area (Å²) in [5, 5.41) is 3.14. The van der Waals surface area contributed by atoms with E-state index in [0.29, 0.717) is 58.9 Å². The molecule has 15 nitrogen and oxygen atoms in total. The first kappa shape index (κ1) is 45.3. The number of methoxy groups -OCH3 is 1. The molecule has 4 fully saturated rings. The van der Waals surface area contributed by atoms with E-state index in [1.165, 1.54) is 6.20 Å². The molecule has 0 saturated carbocycles. The number of nitrogens with zero attached hydrogens (tertiary/aromatic N) is 6. The normalized spacial score (nSPS) is 20.9. The second kappa shape index (κ2) is 18.2. The Morgan fingerprint density at radius 2 is 1.66 bits per heavy atom. The molecule has 4 saturated heterocycles. The fourth-order valence-corrected chi connectivity index (χ4v) is 11.6. The number of fused-ring (bicyclic) bond motifs is 2. The van der Waals surface area contributed by atoms with E-state index in [1.807, 2.05) is 35.1 Å². The van der Waals surface area contributed by atoms with E-state index in [1.54, 1.807) is 24.3 Å². The molecule has 5 aliphatic heterocycles. The highest BCUT2D eigenvalue weighted by Crippen LogP contribution is 2.39. The Morgan fingerprint density at radius 3 is 2.37 bits per heavy atom. The molecule has 2 atom stereocenters. The van der Waals surface area contributed by atoms with Gasteiger partial charge in [0.15, 0.2) is 5.82 Å². The van der Waals surface area contributed by atoms with E-state index in [9.17, 15) is 27.2 Å². The van der Waals surface area contributed by atoms with Gasteiger partial charge in [0.2, 0.25) is 11.7 Å². The number of H-pyrrole nitrogens is 1. The molecule has 2 amide bonds. The maximum absolute atomic E-state index is 15.8. The predicted octanol–water partition coefficient (Wildman–Crippen LogP) is 6.23. The van der Waals surface area contributed by atoms with Crippen molar-refractivity contribution in [2.45, 2.75) is 50.9 Å². The Kier molecular flexibility index (Phi) is 12.2. The predicted molar refractivity (Wildman–Crippen MR) is 252 cm³/mol. The maximum Gasteiger partial charge on any atom is 0.301 e. The summed E-state index contributed by atoms with van der Waals surface area (Å²) >= 11 is 0. The van der Waals surface area contributed by atoms with Crippen molar-refractivity contribution in [1.29, 1.82) is 0 Å². The van der Waals surface area contributed by atoms with Gasteiger partial charge >= 0.3 is 10.2 Å². The topological polar surface area (TPSA) is 164 Å². The van der Waals surface area contributed by atoms with Crippen molar-refractivity contribution < 1.29 is 40.7 Å². The molecular weight excluding hydrogens is 900 g/mol. The Balaban J connectivity index is 0.738. The number of carbonyl (C=O) groups is 3. The summed E-state index contributed by atoms with van der Waals surface area (Å²) in [6.07, 6.45) is 4.92. The molecule has 0 bridgehead atoms. The van der Waals surface area contributed by atoms with Crippen molar-refractivity contribution in [2.24, 2.45) is 5.92 Å². The van der Waals surface area contributed by atoms with E-state index in [4.69, 9.17) is 4.74 Å². The molecule has 5 aromatic rings. The number of anilines is 3. The van der Waals surface area contributed by atoms with Gasteiger partial charge in [0.25, 0.3) is 5.91 Å². The Hall–Kier alpha value is -6.44. The lowest BCUT2D eigenvalue weighted by molar-refractivity contribution is -0.126. The number of piperazine rings is 1. The number of halogens is 3. The maximum atomic E-state index is 15.8. The van der Waals surface area contributed by atoms with Crippen LogP contribution < -0.4 is 24.6 Å². The monoisotopic (exact) mass is 951 g/mol. The quantitative estimate of drug-likeness (QED) is 0.122. The number of ketones is 1. The van der Waals surface area contributed by atoms with Crippen LogP contribution in [0.5, 0.6) is 5.75 Å². The molecule has 7 heterocycles. The van der Waals surface area contributed by atoms with Crippen molar-refractivity contribution in [3.05, 3.63) is 113 Å². The summed E-state index contributed by atoms with van der Waals surface area (Å²) < 4.78 is 78.9. The molecule has 3 aromatic carbocycles. The lowest BCUT2D eigenvalue weighted by Crippen LogP contribution is -2.49. The van der Waals surface area contributed by atoms with Crippen LogP contribution in [0.1, 0.15) is 63.9 Å². The van der Waals surface area contributed by atoms with Gasteiger partial charge in [-0.1, -0.05) is 18.7 Å². The molecule has 2 aromatic heterocycles. The zero-order valence-corrected chi connectivity index (χ0v) is 38.4. The van der Waals surface area contributed by atoms with Gasteiger partial charge in [0.05, 0.1) is 23.9 Å². The first-order valence-electron chi connectivity index (χ1n) is 23.0. The molecule has 68 heavy (non-hydrogen) atoms. The Labute approximate surface area is 392 Å². The van der Waals surface area contributed by atoms with Crippen LogP contribution in [-0.2, 0) is 21.5 Å². The summed E-state index contributed by atoms with van der Waals surface area (Å²) in [4.78, 5) is 56.4. The molecule has 0 spiro atoms. The summed E-state index contributed by atoms with van der Waals surface area (Å²) in [6.45, 7) is 10.2. The number of hydrogen-bond acceptors (Lipinski definition) is 10. The largest absolute Gasteiger partial charge is 0.496 e. The van der Waals surface area contributed by atoms with Gasteiger partial charge in [0, 0.05) is 117 Å². The lowest BCUT2D eigenvalue weighted by atomic mass is 9.95. The van der Waals surface area contributed by atoms with Crippen LogP contribution in [0.2, 0.25) is 0 Å². The summed E-state index contributed by atoms with van der Waals surface area (Å²) in [5.41, 5.74) is 4.45. The van der Waals surface area contributed by atoms with Gasteiger partial charge in [-0.15, -0.1) is 0 Å². The number of nitrogens with one attached hydrogen (secondary N) is 3. The van der Waals surface area contributed by atoms with Crippen molar-refractivity contribution in [3.63, 3.8) is 0 Å². The van der Waals surface area contributed by atoms with Gasteiger partial charge in [-0.3, -0.25) is 24.0 Å². The highest BCUT2D eigenvalue weighted by atomic mass is 32.2. The number of amides is 2. The second-order valence-electron chi connectivity index (χ2n) is 18.3. The minimum absolute atomic E-state index is 0.00418. The number of benzene rings is 3. The fourth-order valence-electron chi connectivity index (χ4n) is 10.3. The molecule has 3 N–H and O–H groups in total. The van der Waals surface area contributed by atoms with Crippen LogP contribution in [-0.4, -0.2) is 128 Å². The smallest absolute Gasteiger partial charge is 0.301 e. The summed E-state index contributed by atoms with van der Waals surface area (Å²) in [6, 6.07) is 15.0. The molecule has 356 valence electrons. The van der Waals surface area contributed by atoms with Crippen LogP contribution in [0.25, 0.3) is 22.2 Å². The number of hydrogen-bond donors (Lipinski definition) is 3. The van der Waals surface area contributed by atoms with Crippen LogP contribution in [0, 0.1) is 17.6 Å². The third kappa shape index (κ3) is 8.66. The average molecular weight is 952 g/mol. The molecule has 19 heteroatoms. The third-order valence-electron chi connectivity index (χ3n) is 14.1. The number of alkyl halides is 1. The number of rotatable bonds is 12. The highest BCUT2D eigenvalue weighted by Gasteiger charge is 2.41. The summed E-state index contributed by atoms with van der Waals surface area (Å²) in [7, 11) is -2.77. The second-order valence-corrected chi connectivity index (χ2v) is 20.0. The van der Waals surface area contributed by atoms with E-state index >= 15 is 8.78 Å². The number of allylic oxidation sites excluding steroid dienone is 1. The molecule has 10 rings (SSSR count). The fraction of sp³-hybridized carbons (Fsp3) is 0.388. The number of ether oxygens (including phenoxy) is 1. The van der Waals surface area contributed by atoms with Crippen molar-refractivity contribution in [1.82, 2.24) is 29.4 Å². The Morgan fingerprint density at radius 1 is 0.912 bits per heavy atom. The average Bonchev–Trinajstić information content (AvgIpc) is 4.07. The van der Waals surface area contributed by atoms with Crippen LogP contribution in [0.15, 0.2) is 79.3 Å². The van der Waals surface area contributed by atoms with Crippen LogP contribution >= 0.6 is 0 Å². The zero-order chi connectivity index (χ0) is 47.4.